The molecule has 0 bridgehead atoms. The van der Waals surface area contributed by atoms with Gasteiger partial charge >= 0.3 is 6.09 Å². The van der Waals surface area contributed by atoms with Crippen LogP contribution < -0.4 is 10.1 Å². The molecule has 5 heteroatoms. The van der Waals surface area contributed by atoms with E-state index in [-0.39, 0.29) is 6.04 Å². The van der Waals surface area contributed by atoms with Gasteiger partial charge in [0.2, 0.25) is 0 Å². The normalized spacial score (nSPS) is 15.6. The summed E-state index contributed by atoms with van der Waals surface area (Å²) in [7, 11) is 4.03. The summed E-state index contributed by atoms with van der Waals surface area (Å²) in [4.78, 5) is 20.1. The summed E-state index contributed by atoms with van der Waals surface area (Å²) in [5, 5.41) is 3.96. The Kier molecular flexibility index (Phi) is 7.05. The van der Waals surface area contributed by atoms with Crippen LogP contribution in [-0.2, 0) is 6.54 Å². The van der Waals surface area contributed by atoms with Crippen molar-refractivity contribution in [2.45, 2.75) is 51.6 Å². The summed E-state index contributed by atoms with van der Waals surface area (Å²) in [6.45, 7) is 2.71. The lowest BCUT2D eigenvalue weighted by Crippen LogP contribution is -2.40. The second-order valence-electron chi connectivity index (χ2n) is 9.11. The van der Waals surface area contributed by atoms with Crippen LogP contribution in [0.1, 0.15) is 44.6 Å². The Morgan fingerprint density at radius 3 is 2.47 bits per heavy atom. The number of ether oxygens (including phenoxy) is 1. The standard InChI is InChI=1S/C27H33N3O2/c1-19(20-12-6-4-7-13-20)28-27(31)32-26-22-16-10-11-17-24(22)29-25(23(26)18-30(2)3)21-14-8-5-9-15-21/h5,8-11,14-17,19-20H,4,6-7,12-13,18H2,1-3H3,(H,28,31)/t19-/m0/s1. The number of carbonyl (C=O) groups excluding carboxylic acids is 1. The zero-order chi connectivity index (χ0) is 22.5. The van der Waals surface area contributed by atoms with Crippen molar-refractivity contribution in [1.82, 2.24) is 15.2 Å². The largest absolute Gasteiger partial charge is 0.412 e. The molecule has 1 aliphatic carbocycles. The monoisotopic (exact) mass is 431 g/mol. The van der Waals surface area contributed by atoms with E-state index in [2.05, 4.69) is 17.1 Å². The Morgan fingerprint density at radius 1 is 1.06 bits per heavy atom. The van der Waals surface area contributed by atoms with Crippen molar-refractivity contribution in [3.8, 4) is 17.0 Å². The maximum atomic E-state index is 13.0. The molecule has 1 aliphatic rings. The van der Waals surface area contributed by atoms with Gasteiger partial charge < -0.3 is 15.0 Å². The van der Waals surface area contributed by atoms with Gasteiger partial charge in [0, 0.05) is 29.1 Å². The number of amides is 1. The highest BCUT2D eigenvalue weighted by molar-refractivity contribution is 5.92. The van der Waals surface area contributed by atoms with Crippen molar-refractivity contribution in [3.05, 3.63) is 60.2 Å². The van der Waals surface area contributed by atoms with E-state index >= 15 is 0 Å². The number of nitrogens with one attached hydrogen (secondary N) is 1. The minimum absolute atomic E-state index is 0.0989. The summed E-state index contributed by atoms with van der Waals surface area (Å²) >= 11 is 0. The van der Waals surface area contributed by atoms with E-state index in [1.807, 2.05) is 68.7 Å². The number of pyridine rings is 1. The first-order valence-electron chi connectivity index (χ1n) is 11.6. The lowest BCUT2D eigenvalue weighted by atomic mass is 9.85. The first kappa shape index (κ1) is 22.3. The van der Waals surface area contributed by atoms with Crippen molar-refractivity contribution in [3.63, 3.8) is 0 Å². The van der Waals surface area contributed by atoms with Crippen molar-refractivity contribution >= 4 is 17.0 Å². The Bertz CT molecular complexity index is 1060. The highest BCUT2D eigenvalue weighted by Crippen LogP contribution is 2.36. The molecule has 0 spiro atoms. The molecule has 0 unspecified atom stereocenters. The summed E-state index contributed by atoms with van der Waals surface area (Å²) in [6, 6.07) is 18.1. The Balaban J connectivity index is 1.72. The second kappa shape index (κ2) is 10.1. The van der Waals surface area contributed by atoms with E-state index < -0.39 is 6.09 Å². The van der Waals surface area contributed by atoms with Crippen LogP contribution in [0.5, 0.6) is 5.75 Å². The summed E-state index contributed by atoms with van der Waals surface area (Å²) in [5.74, 6) is 1.11. The average Bonchev–Trinajstić information content (AvgIpc) is 2.81. The highest BCUT2D eigenvalue weighted by atomic mass is 16.6. The van der Waals surface area contributed by atoms with Gasteiger partial charge in [-0.3, -0.25) is 0 Å². The summed E-state index contributed by atoms with van der Waals surface area (Å²) < 4.78 is 6.07. The maximum absolute atomic E-state index is 13.0. The second-order valence-corrected chi connectivity index (χ2v) is 9.11. The van der Waals surface area contributed by atoms with Gasteiger partial charge in [-0.1, -0.05) is 61.7 Å². The van der Waals surface area contributed by atoms with Gasteiger partial charge in [-0.25, -0.2) is 9.78 Å². The predicted octanol–water partition coefficient (Wildman–Crippen LogP) is 6.02. The van der Waals surface area contributed by atoms with Gasteiger partial charge in [-0.15, -0.1) is 0 Å². The predicted molar refractivity (Wildman–Crippen MR) is 130 cm³/mol. The molecule has 1 aromatic heterocycles. The van der Waals surface area contributed by atoms with E-state index in [1.54, 1.807) is 0 Å². The average molecular weight is 432 g/mol. The zero-order valence-corrected chi connectivity index (χ0v) is 19.3. The van der Waals surface area contributed by atoms with Crippen LogP contribution >= 0.6 is 0 Å². The van der Waals surface area contributed by atoms with Crippen LogP contribution in [0.4, 0.5) is 4.79 Å². The molecule has 1 N–H and O–H groups in total. The molecule has 4 rings (SSSR count). The number of benzene rings is 2. The van der Waals surface area contributed by atoms with Crippen LogP contribution in [0, 0.1) is 5.92 Å². The Labute approximate surface area is 190 Å². The number of hydrogen-bond donors (Lipinski definition) is 1. The number of aromatic nitrogens is 1. The molecule has 1 amide bonds. The molecule has 0 aliphatic heterocycles. The minimum atomic E-state index is -0.390. The summed E-state index contributed by atoms with van der Waals surface area (Å²) in [6.07, 6.45) is 5.74. The quantitative estimate of drug-likeness (QED) is 0.518. The molecule has 0 saturated heterocycles. The fraction of sp³-hybridized carbons (Fsp3) is 0.407. The van der Waals surface area contributed by atoms with E-state index in [1.165, 1.54) is 32.1 Å². The van der Waals surface area contributed by atoms with Gasteiger partial charge in [0.15, 0.2) is 0 Å². The number of fused-ring (bicyclic) bond motifs is 1. The number of rotatable bonds is 6. The molecular weight excluding hydrogens is 398 g/mol. The fourth-order valence-electron chi connectivity index (χ4n) is 4.70. The minimum Gasteiger partial charge on any atom is -0.409 e. The molecular formula is C27H33N3O2. The molecule has 5 nitrogen and oxygen atoms in total. The van der Waals surface area contributed by atoms with Gasteiger partial charge in [-0.2, -0.15) is 0 Å². The van der Waals surface area contributed by atoms with Crippen molar-refractivity contribution in [1.29, 1.82) is 0 Å². The number of nitrogens with zero attached hydrogens (tertiary/aromatic N) is 2. The van der Waals surface area contributed by atoms with E-state index in [0.717, 1.165) is 27.7 Å². The van der Waals surface area contributed by atoms with Crippen molar-refractivity contribution < 1.29 is 9.53 Å². The topological polar surface area (TPSA) is 54.5 Å². The lowest BCUT2D eigenvalue weighted by molar-refractivity contribution is 0.186. The first-order valence-corrected chi connectivity index (χ1v) is 11.6. The van der Waals surface area contributed by atoms with Crippen LogP contribution in [0.15, 0.2) is 54.6 Å². The van der Waals surface area contributed by atoms with Crippen LogP contribution in [0.25, 0.3) is 22.2 Å². The molecule has 1 fully saturated rings. The highest BCUT2D eigenvalue weighted by Gasteiger charge is 2.24. The smallest absolute Gasteiger partial charge is 0.409 e. The Hall–Kier alpha value is -2.92. The molecule has 2 aromatic carbocycles. The molecule has 1 heterocycles. The molecule has 168 valence electrons. The number of carbonyl (C=O) groups is 1. The molecule has 3 aromatic rings. The van der Waals surface area contributed by atoms with Crippen molar-refractivity contribution in [2.75, 3.05) is 14.1 Å². The van der Waals surface area contributed by atoms with Crippen LogP contribution in [0.3, 0.4) is 0 Å². The van der Waals surface area contributed by atoms with Crippen LogP contribution in [0.2, 0.25) is 0 Å². The SMILES string of the molecule is C[C@H](NC(=O)Oc1c(CN(C)C)c(-c2ccccc2)nc2ccccc12)C1CCCCC1. The summed E-state index contributed by atoms with van der Waals surface area (Å²) in [5.41, 5.74) is 3.59. The molecule has 1 saturated carbocycles. The van der Waals surface area contributed by atoms with E-state index in [0.29, 0.717) is 18.2 Å². The first-order chi connectivity index (χ1) is 15.5. The van der Waals surface area contributed by atoms with Crippen molar-refractivity contribution in [2.24, 2.45) is 5.92 Å². The maximum Gasteiger partial charge on any atom is 0.412 e. The van der Waals surface area contributed by atoms with Gasteiger partial charge in [0.1, 0.15) is 5.75 Å². The van der Waals surface area contributed by atoms with Crippen LogP contribution in [-0.4, -0.2) is 36.1 Å². The lowest BCUT2D eigenvalue weighted by Gasteiger charge is -2.28. The third kappa shape index (κ3) is 5.10. The zero-order valence-electron chi connectivity index (χ0n) is 19.3. The fourth-order valence-corrected chi connectivity index (χ4v) is 4.70. The van der Waals surface area contributed by atoms with Gasteiger partial charge in [0.05, 0.1) is 11.2 Å². The Morgan fingerprint density at radius 2 is 1.75 bits per heavy atom. The van der Waals surface area contributed by atoms with Gasteiger partial charge in [-0.05, 0) is 51.9 Å². The van der Waals surface area contributed by atoms with Gasteiger partial charge in [0.25, 0.3) is 0 Å². The number of para-hydroxylation sites is 1. The third-order valence-electron chi connectivity index (χ3n) is 6.36. The van der Waals surface area contributed by atoms with E-state index in [9.17, 15) is 4.79 Å². The number of hydrogen-bond acceptors (Lipinski definition) is 4. The van der Waals surface area contributed by atoms with E-state index in [4.69, 9.17) is 9.72 Å². The third-order valence-corrected chi connectivity index (χ3v) is 6.36. The molecule has 1 atom stereocenters. The molecule has 32 heavy (non-hydrogen) atoms. The molecule has 0 radical (unpaired) electrons.